The lowest BCUT2D eigenvalue weighted by Gasteiger charge is -2.49. The van der Waals surface area contributed by atoms with Gasteiger partial charge in [-0.25, -0.2) is 9.18 Å². The fourth-order valence-electron chi connectivity index (χ4n) is 7.79. The van der Waals surface area contributed by atoms with Gasteiger partial charge in [-0.05, 0) is 107 Å². The zero-order valence-electron chi connectivity index (χ0n) is 27.8. The van der Waals surface area contributed by atoms with E-state index in [2.05, 4.69) is 28.0 Å². The van der Waals surface area contributed by atoms with Gasteiger partial charge in [0.1, 0.15) is 5.82 Å². The number of rotatable bonds is 7. The van der Waals surface area contributed by atoms with Crippen LogP contribution in [0.15, 0.2) is 36.4 Å². The van der Waals surface area contributed by atoms with E-state index < -0.39 is 17.7 Å². The maximum absolute atomic E-state index is 14.6. The fourth-order valence-corrected chi connectivity index (χ4v) is 7.79. The molecule has 1 atom stereocenters. The first-order chi connectivity index (χ1) is 21.3. The van der Waals surface area contributed by atoms with Gasteiger partial charge in [-0.3, -0.25) is 9.88 Å². The molecule has 3 heterocycles. The summed E-state index contributed by atoms with van der Waals surface area (Å²) in [6.07, 6.45) is 5.93. The molecular formula is C38H48FN3O3. The maximum Gasteiger partial charge on any atom is 0.337 e. The molecular weight excluding hydrogens is 565 g/mol. The minimum atomic E-state index is -1.13. The molecule has 7 heteroatoms. The summed E-state index contributed by atoms with van der Waals surface area (Å²) < 4.78 is 20.9. The first-order valence-electron chi connectivity index (χ1n) is 16.6. The van der Waals surface area contributed by atoms with Gasteiger partial charge in [0.25, 0.3) is 0 Å². The normalized spacial score (nSPS) is 18.9. The summed E-state index contributed by atoms with van der Waals surface area (Å²) in [4.78, 5) is 22.6. The van der Waals surface area contributed by atoms with Gasteiger partial charge in [-0.15, -0.1) is 0 Å². The largest absolute Gasteiger partial charge is 0.479 e. The smallest absolute Gasteiger partial charge is 0.337 e. The molecule has 6 nitrogen and oxygen atoms in total. The van der Waals surface area contributed by atoms with Crippen molar-refractivity contribution in [2.45, 2.75) is 105 Å². The van der Waals surface area contributed by atoms with Crippen LogP contribution in [0.25, 0.3) is 11.1 Å². The summed E-state index contributed by atoms with van der Waals surface area (Å²) in [6.45, 7) is 15.7. The predicted octanol–water partition coefficient (Wildman–Crippen LogP) is 8.08. The number of hydrogen-bond donors (Lipinski definition) is 1. The first kappa shape index (κ1) is 31.7. The van der Waals surface area contributed by atoms with Crippen LogP contribution in [-0.2, 0) is 29.0 Å². The molecule has 240 valence electrons. The van der Waals surface area contributed by atoms with Gasteiger partial charge in [0.2, 0.25) is 0 Å². The molecule has 0 amide bonds. The van der Waals surface area contributed by atoms with Gasteiger partial charge < -0.3 is 14.7 Å². The number of aryl methyl sites for hydroxylation is 3. The molecule has 0 bridgehead atoms. The summed E-state index contributed by atoms with van der Waals surface area (Å²) in [7, 11) is 0. The van der Waals surface area contributed by atoms with Crippen molar-refractivity contribution in [3.63, 3.8) is 0 Å². The fraction of sp³-hybridized carbons (Fsp3) is 0.526. The van der Waals surface area contributed by atoms with Crippen LogP contribution in [0, 0.1) is 32.0 Å². The second kappa shape index (κ2) is 12.1. The zero-order chi connectivity index (χ0) is 32.1. The number of nitrogens with zero attached hydrogens (tertiary/aromatic N) is 3. The van der Waals surface area contributed by atoms with Gasteiger partial charge >= 0.3 is 5.97 Å². The Balaban J connectivity index is 1.39. The lowest BCUT2D eigenvalue weighted by atomic mass is 9.63. The molecule has 45 heavy (non-hydrogen) atoms. The van der Waals surface area contributed by atoms with Crippen molar-refractivity contribution in [1.29, 1.82) is 0 Å². The summed E-state index contributed by atoms with van der Waals surface area (Å²) in [6, 6.07) is 11.9. The predicted molar refractivity (Wildman–Crippen MR) is 177 cm³/mol. The second-order valence-corrected chi connectivity index (χ2v) is 14.7. The Morgan fingerprint density at radius 2 is 1.76 bits per heavy atom. The number of piperidine rings is 1. The van der Waals surface area contributed by atoms with Crippen molar-refractivity contribution in [2.24, 2.45) is 5.41 Å². The quantitative estimate of drug-likeness (QED) is 0.291. The number of anilines is 1. The molecule has 1 aliphatic carbocycles. The number of benzene rings is 2. The van der Waals surface area contributed by atoms with E-state index in [9.17, 15) is 14.3 Å². The highest BCUT2D eigenvalue weighted by Gasteiger charge is 2.42. The Labute approximate surface area is 267 Å². The van der Waals surface area contributed by atoms with Crippen molar-refractivity contribution >= 4 is 11.7 Å². The number of carboxylic acids is 1. The number of hydrogen-bond acceptors (Lipinski definition) is 5. The third-order valence-electron chi connectivity index (χ3n) is 10.4. The maximum atomic E-state index is 14.6. The Bertz CT molecular complexity index is 1580. The topological polar surface area (TPSA) is 65.9 Å². The third-order valence-corrected chi connectivity index (χ3v) is 10.4. The van der Waals surface area contributed by atoms with Crippen LogP contribution in [0.1, 0.15) is 98.2 Å². The summed E-state index contributed by atoms with van der Waals surface area (Å²) in [5.41, 5.74) is 9.45. The number of halogens is 1. The molecule has 3 aromatic rings. The van der Waals surface area contributed by atoms with E-state index in [1.807, 2.05) is 47.6 Å². The minimum absolute atomic E-state index is 0.141. The molecule has 1 spiro atoms. The number of ether oxygens (including phenoxy) is 1. The molecule has 2 aromatic carbocycles. The molecule has 1 saturated heterocycles. The lowest BCUT2D eigenvalue weighted by Crippen LogP contribution is -2.44. The molecule has 0 radical (unpaired) electrons. The standard InChI is InChI=1S/C38H48FN3O3/c1-24-9-7-10-31(39)30(24)23-41-18-13-27-21-28(11-12-29(27)22-41)32-25(2)40-26(3)33(35(36(43)44)45-37(4,5)6)34(32)42-19-16-38(17-20-42)14-8-15-38/h7,9-12,21,35H,8,13-20,22-23H2,1-6H3,(H,43,44). The summed E-state index contributed by atoms with van der Waals surface area (Å²) >= 11 is 0. The van der Waals surface area contributed by atoms with E-state index in [0.29, 0.717) is 23.2 Å². The van der Waals surface area contributed by atoms with Crippen molar-refractivity contribution in [3.8, 4) is 11.1 Å². The third kappa shape index (κ3) is 6.39. The van der Waals surface area contributed by atoms with Gasteiger partial charge in [0.15, 0.2) is 6.10 Å². The van der Waals surface area contributed by atoms with Crippen LogP contribution in [-0.4, -0.2) is 46.2 Å². The van der Waals surface area contributed by atoms with Crippen LogP contribution >= 0.6 is 0 Å². The van der Waals surface area contributed by atoms with Gasteiger partial charge in [-0.2, -0.15) is 0 Å². The number of fused-ring (bicyclic) bond motifs is 1. The molecule has 1 unspecified atom stereocenters. The lowest BCUT2D eigenvalue weighted by molar-refractivity contribution is -0.160. The van der Waals surface area contributed by atoms with Crippen LogP contribution in [0.4, 0.5) is 10.1 Å². The summed E-state index contributed by atoms with van der Waals surface area (Å²) in [5.74, 6) is -1.13. The van der Waals surface area contributed by atoms with Crippen LogP contribution in [0.5, 0.6) is 0 Å². The molecule has 2 fully saturated rings. The average molecular weight is 614 g/mol. The minimum Gasteiger partial charge on any atom is -0.479 e. The van der Waals surface area contributed by atoms with Gasteiger partial charge in [0, 0.05) is 60.8 Å². The van der Waals surface area contributed by atoms with E-state index in [-0.39, 0.29) is 5.82 Å². The number of carbonyl (C=O) groups is 1. The highest BCUT2D eigenvalue weighted by molar-refractivity contribution is 5.88. The van der Waals surface area contributed by atoms with Crippen molar-refractivity contribution in [2.75, 3.05) is 24.5 Å². The Morgan fingerprint density at radius 3 is 2.38 bits per heavy atom. The van der Waals surface area contributed by atoms with Crippen LogP contribution < -0.4 is 4.90 Å². The van der Waals surface area contributed by atoms with E-state index >= 15 is 0 Å². The van der Waals surface area contributed by atoms with Gasteiger partial charge in [-0.1, -0.05) is 36.8 Å². The molecule has 6 rings (SSSR count). The molecule has 2 aliphatic heterocycles. The monoisotopic (exact) mass is 613 g/mol. The van der Waals surface area contributed by atoms with Crippen molar-refractivity contribution < 1.29 is 19.0 Å². The zero-order valence-corrected chi connectivity index (χ0v) is 27.8. The van der Waals surface area contributed by atoms with Crippen LogP contribution in [0.2, 0.25) is 0 Å². The van der Waals surface area contributed by atoms with Crippen molar-refractivity contribution in [3.05, 3.63) is 81.4 Å². The van der Waals surface area contributed by atoms with Crippen LogP contribution in [0.3, 0.4) is 0 Å². The SMILES string of the molecule is Cc1cccc(F)c1CN1CCc2cc(-c3c(C)nc(C)c(C(OC(C)(C)C)C(=O)O)c3N3CCC4(CCC4)CC3)ccc2C1. The molecule has 1 N–H and O–H groups in total. The Kier molecular flexibility index (Phi) is 8.55. The number of aliphatic carboxylic acids is 1. The number of carboxylic acid groups (broad SMARTS) is 1. The first-order valence-corrected chi connectivity index (χ1v) is 16.6. The summed E-state index contributed by atoms with van der Waals surface area (Å²) in [5, 5.41) is 10.5. The highest BCUT2D eigenvalue weighted by atomic mass is 19.1. The average Bonchev–Trinajstić information content (AvgIpc) is 2.96. The molecule has 3 aliphatic rings. The Hall–Kier alpha value is -3.29. The van der Waals surface area contributed by atoms with Gasteiger partial charge in [0.05, 0.1) is 11.3 Å². The second-order valence-electron chi connectivity index (χ2n) is 14.7. The van der Waals surface area contributed by atoms with Crippen molar-refractivity contribution in [1.82, 2.24) is 9.88 Å². The Morgan fingerprint density at radius 1 is 1.02 bits per heavy atom. The molecule has 1 aromatic heterocycles. The van der Waals surface area contributed by atoms with E-state index in [4.69, 9.17) is 9.72 Å². The molecule has 1 saturated carbocycles. The van der Waals surface area contributed by atoms with E-state index in [0.717, 1.165) is 79.1 Å². The van der Waals surface area contributed by atoms with E-state index in [1.165, 1.54) is 30.4 Å². The number of aromatic nitrogens is 1. The van der Waals surface area contributed by atoms with E-state index in [1.54, 1.807) is 12.1 Å². The highest BCUT2D eigenvalue weighted by Crippen LogP contribution is 2.51. The number of pyridine rings is 1.